The minimum absolute atomic E-state index is 0.0656. The van der Waals surface area contributed by atoms with E-state index in [-0.39, 0.29) is 30.3 Å². The fraction of sp³-hybridized carbons (Fsp3) is 0.208. The number of rotatable bonds is 5. The predicted molar refractivity (Wildman–Crippen MR) is 126 cm³/mol. The largest absolute Gasteiger partial charge is 0.380 e. The van der Waals surface area contributed by atoms with Crippen molar-refractivity contribution < 1.29 is 18.7 Å². The number of urea groups is 1. The maximum Gasteiger partial charge on any atom is 0.329 e. The Labute approximate surface area is 199 Å². The number of nitrogens with zero attached hydrogens (tertiary/aromatic N) is 3. The Hall–Kier alpha value is -3.69. The molecule has 0 aliphatic carbocycles. The smallest absolute Gasteiger partial charge is 0.329 e. The zero-order valence-corrected chi connectivity index (χ0v) is 19.0. The van der Waals surface area contributed by atoms with E-state index < -0.39 is 23.8 Å². The van der Waals surface area contributed by atoms with E-state index >= 15 is 4.39 Å². The van der Waals surface area contributed by atoms with Gasteiger partial charge in [-0.15, -0.1) is 0 Å². The summed E-state index contributed by atoms with van der Waals surface area (Å²) in [5.74, 6) is -1.42. The summed E-state index contributed by atoms with van der Waals surface area (Å²) in [6, 6.07) is 13.4. The summed E-state index contributed by atoms with van der Waals surface area (Å²) in [4.78, 5) is 40.3. The van der Waals surface area contributed by atoms with Gasteiger partial charge in [0.05, 0.1) is 23.2 Å². The van der Waals surface area contributed by atoms with Gasteiger partial charge < -0.3 is 15.4 Å². The third kappa shape index (κ3) is 4.52. The monoisotopic (exact) mass is 484 g/mol. The fourth-order valence-electron chi connectivity index (χ4n) is 3.99. The molecule has 0 unspecified atom stereocenters. The summed E-state index contributed by atoms with van der Waals surface area (Å²) in [5, 5.41) is 0.436. The normalized spacial score (nSPS) is 17.6. The number of hydrogen-bond donors (Lipinski definition) is 1. The van der Waals surface area contributed by atoms with Crippen molar-refractivity contribution in [3.05, 3.63) is 88.1 Å². The molecule has 34 heavy (non-hydrogen) atoms. The second-order valence-corrected chi connectivity index (χ2v) is 8.24. The molecule has 0 bridgehead atoms. The highest BCUT2D eigenvalue weighted by atomic mass is 35.5. The Bertz CT molecular complexity index is 1280. The van der Waals surface area contributed by atoms with Crippen molar-refractivity contribution in [2.75, 3.05) is 18.6 Å². The van der Waals surface area contributed by atoms with Crippen molar-refractivity contribution in [3.8, 4) is 5.69 Å². The molecule has 1 aliphatic rings. The van der Waals surface area contributed by atoms with E-state index in [1.807, 2.05) is 0 Å². The summed E-state index contributed by atoms with van der Waals surface area (Å²) in [6.07, 6.45) is 1.38. The molecule has 2 aromatic carbocycles. The third-order valence-corrected chi connectivity index (χ3v) is 5.97. The van der Waals surface area contributed by atoms with Gasteiger partial charge in [-0.2, -0.15) is 0 Å². The van der Waals surface area contributed by atoms with Crippen LogP contribution in [0.5, 0.6) is 0 Å². The number of likely N-dealkylation sites (tertiary alicyclic amines) is 1. The molecule has 0 spiro atoms. The van der Waals surface area contributed by atoms with Gasteiger partial charge in [0.15, 0.2) is 0 Å². The molecule has 1 aromatic heterocycles. The fourth-order valence-corrected chi connectivity index (χ4v) is 4.11. The van der Waals surface area contributed by atoms with Crippen LogP contribution in [-0.2, 0) is 9.53 Å². The number of carbonyl (C=O) groups excluding carboxylic acids is 2. The second-order valence-electron chi connectivity index (χ2n) is 7.80. The van der Waals surface area contributed by atoms with Gasteiger partial charge in [0.2, 0.25) is 5.91 Å². The van der Waals surface area contributed by atoms with Crippen LogP contribution in [0.15, 0.2) is 71.7 Å². The highest BCUT2D eigenvalue weighted by Crippen LogP contribution is 2.33. The van der Waals surface area contributed by atoms with Crippen LogP contribution in [0.3, 0.4) is 0 Å². The van der Waals surface area contributed by atoms with Crippen molar-refractivity contribution in [1.82, 2.24) is 9.47 Å². The molecular formula is C24H22ClFN4O4. The highest BCUT2D eigenvalue weighted by molar-refractivity contribution is 6.30. The van der Waals surface area contributed by atoms with Crippen LogP contribution < -0.4 is 16.2 Å². The molecule has 2 N–H and O–H groups in total. The van der Waals surface area contributed by atoms with Gasteiger partial charge in [-0.05, 0) is 42.5 Å². The predicted octanol–water partition coefficient (Wildman–Crippen LogP) is 3.46. The van der Waals surface area contributed by atoms with Crippen molar-refractivity contribution in [3.63, 3.8) is 0 Å². The number of methoxy groups -OCH3 is 1. The molecule has 3 aromatic rings. The number of carbonyl (C=O) groups is 2. The lowest BCUT2D eigenvalue weighted by Gasteiger charge is -2.31. The molecule has 176 valence electrons. The van der Waals surface area contributed by atoms with Crippen molar-refractivity contribution in [1.29, 1.82) is 0 Å². The van der Waals surface area contributed by atoms with E-state index in [2.05, 4.69) is 0 Å². The minimum atomic E-state index is -0.905. The van der Waals surface area contributed by atoms with Gasteiger partial charge in [0, 0.05) is 43.4 Å². The second kappa shape index (κ2) is 9.66. The lowest BCUT2D eigenvalue weighted by molar-refractivity contribution is -0.121. The zero-order chi connectivity index (χ0) is 24.4. The summed E-state index contributed by atoms with van der Waals surface area (Å²) >= 11 is 6.01. The molecule has 2 atom stereocenters. The van der Waals surface area contributed by atoms with Gasteiger partial charge in [0.25, 0.3) is 5.56 Å². The molecule has 8 nitrogen and oxygen atoms in total. The number of benzene rings is 2. The molecule has 0 saturated carbocycles. The van der Waals surface area contributed by atoms with Crippen LogP contribution in [0.2, 0.25) is 5.02 Å². The molecule has 1 aliphatic heterocycles. The van der Waals surface area contributed by atoms with Crippen LogP contribution in [-0.4, -0.2) is 47.2 Å². The first-order valence-electron chi connectivity index (χ1n) is 10.5. The van der Waals surface area contributed by atoms with Crippen molar-refractivity contribution in [2.24, 2.45) is 5.73 Å². The standard InChI is InChI=1S/C24H22ClFN4O4/c1-34-18-13-21(23(27)32)29(14-18)24(33)30(16-7-5-15(25)6-8-16)20-10-9-17(12-19(20)26)28-11-3-2-4-22(28)31/h2-12,18,21H,13-14H2,1H3,(H2,27,32)/t18-,21-/m1/s1. The topological polar surface area (TPSA) is 97.9 Å². The lowest BCUT2D eigenvalue weighted by atomic mass is 10.2. The molecule has 10 heteroatoms. The number of ether oxygens (including phenoxy) is 1. The van der Waals surface area contributed by atoms with Gasteiger partial charge >= 0.3 is 6.03 Å². The van der Waals surface area contributed by atoms with E-state index in [0.717, 1.165) is 4.90 Å². The zero-order valence-electron chi connectivity index (χ0n) is 18.2. The first-order chi connectivity index (χ1) is 16.3. The number of hydrogen-bond acceptors (Lipinski definition) is 4. The Kier molecular flexibility index (Phi) is 6.67. The van der Waals surface area contributed by atoms with Crippen LogP contribution in [0.4, 0.5) is 20.6 Å². The number of halogens is 2. The SMILES string of the molecule is CO[C@@H]1C[C@H](C(N)=O)N(C(=O)N(c2ccc(Cl)cc2)c2ccc(-n3ccccc3=O)cc2F)C1. The molecule has 4 rings (SSSR count). The third-order valence-electron chi connectivity index (χ3n) is 5.72. The number of anilines is 2. The summed E-state index contributed by atoms with van der Waals surface area (Å²) < 4.78 is 22.1. The maximum absolute atomic E-state index is 15.5. The summed E-state index contributed by atoms with van der Waals surface area (Å²) in [7, 11) is 1.48. The number of aromatic nitrogens is 1. The van der Waals surface area contributed by atoms with E-state index in [0.29, 0.717) is 16.4 Å². The Balaban J connectivity index is 1.79. The van der Waals surface area contributed by atoms with E-state index in [9.17, 15) is 14.4 Å². The van der Waals surface area contributed by atoms with Gasteiger partial charge in [0.1, 0.15) is 11.9 Å². The van der Waals surface area contributed by atoms with Crippen LogP contribution in [0.25, 0.3) is 5.69 Å². The maximum atomic E-state index is 15.5. The number of nitrogens with two attached hydrogens (primary N) is 1. The quantitative estimate of drug-likeness (QED) is 0.599. The van der Waals surface area contributed by atoms with Crippen LogP contribution >= 0.6 is 11.6 Å². The van der Waals surface area contributed by atoms with E-state index in [4.69, 9.17) is 22.1 Å². The summed E-state index contributed by atoms with van der Waals surface area (Å²) in [6.45, 7) is 0.117. The number of pyridine rings is 1. The molecule has 2 heterocycles. The van der Waals surface area contributed by atoms with Crippen LogP contribution in [0, 0.1) is 5.82 Å². The number of amides is 3. The van der Waals surface area contributed by atoms with Crippen molar-refractivity contribution >= 4 is 34.9 Å². The van der Waals surface area contributed by atoms with Gasteiger partial charge in [-0.25, -0.2) is 9.18 Å². The van der Waals surface area contributed by atoms with E-state index in [1.165, 1.54) is 47.0 Å². The molecule has 1 saturated heterocycles. The average molecular weight is 485 g/mol. The molecular weight excluding hydrogens is 463 g/mol. The highest BCUT2D eigenvalue weighted by Gasteiger charge is 2.41. The molecule has 0 radical (unpaired) electrons. The minimum Gasteiger partial charge on any atom is -0.380 e. The first kappa shape index (κ1) is 23.5. The molecule has 3 amide bonds. The average Bonchev–Trinajstić information content (AvgIpc) is 3.27. The lowest BCUT2D eigenvalue weighted by Crippen LogP contribution is -2.48. The first-order valence-corrected chi connectivity index (χ1v) is 10.8. The summed E-state index contributed by atoms with van der Waals surface area (Å²) in [5.41, 5.74) is 5.78. The van der Waals surface area contributed by atoms with Crippen molar-refractivity contribution in [2.45, 2.75) is 18.6 Å². The van der Waals surface area contributed by atoms with Gasteiger partial charge in [-0.1, -0.05) is 17.7 Å². The van der Waals surface area contributed by atoms with Gasteiger partial charge in [-0.3, -0.25) is 19.1 Å². The molecule has 1 fully saturated rings. The Morgan fingerprint density at radius 2 is 1.88 bits per heavy atom. The number of primary amides is 1. The Morgan fingerprint density at radius 3 is 2.50 bits per heavy atom. The van der Waals surface area contributed by atoms with E-state index in [1.54, 1.807) is 36.4 Å². The van der Waals surface area contributed by atoms with Crippen LogP contribution in [0.1, 0.15) is 6.42 Å². The Morgan fingerprint density at radius 1 is 1.15 bits per heavy atom.